The Hall–Kier alpha value is -2.45. The van der Waals surface area contributed by atoms with Gasteiger partial charge in [0.25, 0.3) is 0 Å². The Morgan fingerprint density at radius 3 is 1.21 bits per heavy atom. The number of hydrogen-bond donors (Lipinski definition) is 0. The summed E-state index contributed by atoms with van der Waals surface area (Å²) in [5, 5.41) is 17.6. The van der Waals surface area contributed by atoms with Gasteiger partial charge in [-0.15, -0.1) is 0 Å². The summed E-state index contributed by atoms with van der Waals surface area (Å²) in [7, 11) is -10.7. The first-order valence-corrected chi connectivity index (χ1v) is 15.3. The molecule has 4 heterocycles. The van der Waals surface area contributed by atoms with E-state index in [1.807, 2.05) is 50.2 Å². The molecule has 1 radical (unpaired) electrons. The van der Waals surface area contributed by atoms with Crippen LogP contribution in [0.4, 0.5) is 25.2 Å². The topological polar surface area (TPSA) is 81.7 Å². The SMILES string of the molecule is C/C(=N\N=C(/[S-])N1CCCC1)c1ccccn1.C/C(=N\N=C(/[S-])N1CCCC1)c1ccccn1.F[P-](F)(F)(F)(F)F.[Fe+3]. The van der Waals surface area contributed by atoms with Crippen molar-refractivity contribution in [3.8, 4) is 0 Å². The van der Waals surface area contributed by atoms with Crippen LogP contribution in [0.1, 0.15) is 50.9 Å². The summed E-state index contributed by atoms with van der Waals surface area (Å²) in [5.74, 6) is 0. The molecule has 0 N–H and O–H groups in total. The molecule has 0 amide bonds. The number of likely N-dealkylation sites (tertiary alicyclic amines) is 2. The van der Waals surface area contributed by atoms with Crippen molar-refractivity contribution in [2.24, 2.45) is 20.4 Å². The van der Waals surface area contributed by atoms with Crippen LogP contribution in [-0.4, -0.2) is 67.7 Å². The Balaban J connectivity index is 0.000000338. The van der Waals surface area contributed by atoms with Crippen molar-refractivity contribution in [3.05, 3.63) is 60.2 Å². The number of hydrogen-bond acceptors (Lipinski definition) is 8. The summed E-state index contributed by atoms with van der Waals surface area (Å²) in [6, 6.07) is 11.4. The Kier molecular flexibility index (Phi) is 14.2. The van der Waals surface area contributed by atoms with Crippen molar-refractivity contribution in [1.82, 2.24) is 19.8 Å². The van der Waals surface area contributed by atoms with E-state index >= 15 is 0 Å². The Bertz CT molecular complexity index is 1140. The van der Waals surface area contributed by atoms with E-state index in [4.69, 9.17) is 25.3 Å². The molecule has 0 atom stereocenters. The molecule has 0 aromatic carbocycles. The molecule has 0 spiro atoms. The van der Waals surface area contributed by atoms with Gasteiger partial charge < -0.3 is 35.1 Å². The summed E-state index contributed by atoms with van der Waals surface area (Å²) < 4.78 is 59.2. The van der Waals surface area contributed by atoms with Crippen molar-refractivity contribution >= 4 is 54.8 Å². The van der Waals surface area contributed by atoms with E-state index in [0.29, 0.717) is 10.3 Å². The molecule has 0 saturated carbocycles. The predicted molar refractivity (Wildman–Crippen MR) is 158 cm³/mol. The van der Waals surface area contributed by atoms with Crippen molar-refractivity contribution < 1.29 is 42.3 Å². The summed E-state index contributed by atoms with van der Waals surface area (Å²) in [5.41, 5.74) is 3.24. The van der Waals surface area contributed by atoms with E-state index in [9.17, 15) is 25.2 Å². The van der Waals surface area contributed by atoms with Crippen LogP contribution in [0, 0.1) is 0 Å². The number of nitrogens with zero attached hydrogens (tertiary/aromatic N) is 8. The van der Waals surface area contributed by atoms with Crippen LogP contribution in [0.15, 0.2) is 69.2 Å². The second kappa shape index (κ2) is 15.9. The third kappa shape index (κ3) is 17.5. The zero-order valence-corrected chi connectivity index (χ0v) is 26.4. The van der Waals surface area contributed by atoms with Crippen LogP contribution >= 0.6 is 7.81 Å². The molecule has 2 saturated heterocycles. The monoisotopic (exact) mass is 695 g/mol. The van der Waals surface area contributed by atoms with E-state index in [1.165, 1.54) is 25.7 Å². The molecular weight excluding hydrogens is 665 g/mol. The summed E-state index contributed by atoms with van der Waals surface area (Å²) in [6.45, 7) is 7.78. The van der Waals surface area contributed by atoms with Gasteiger partial charge >= 0.3 is 50.1 Å². The normalized spacial score (nSPS) is 18.1. The van der Waals surface area contributed by atoms with Gasteiger partial charge in [-0.2, -0.15) is 20.4 Å². The average Bonchev–Trinajstić information content (AvgIpc) is 3.65. The van der Waals surface area contributed by atoms with Crippen molar-refractivity contribution in [3.63, 3.8) is 0 Å². The first-order chi connectivity index (χ1) is 19.0. The first kappa shape index (κ1) is 37.6. The van der Waals surface area contributed by atoms with Crippen molar-refractivity contribution in [1.29, 1.82) is 0 Å². The molecule has 2 aromatic heterocycles. The van der Waals surface area contributed by atoms with Crippen LogP contribution in [-0.2, 0) is 42.3 Å². The summed E-state index contributed by atoms with van der Waals surface area (Å²) in [4.78, 5) is 12.6. The van der Waals surface area contributed by atoms with Gasteiger partial charge in [-0.05, 0) is 63.8 Å². The van der Waals surface area contributed by atoms with Gasteiger partial charge in [0.1, 0.15) is 0 Å². The summed E-state index contributed by atoms with van der Waals surface area (Å²) in [6.07, 6.45) is 8.26. The van der Waals surface area contributed by atoms with Crippen LogP contribution in [0.25, 0.3) is 0 Å². The second-order valence-corrected chi connectivity index (χ2v) is 11.6. The molecule has 0 bridgehead atoms. The van der Waals surface area contributed by atoms with Gasteiger partial charge in [0, 0.05) is 48.9 Å². The molecule has 0 aliphatic carbocycles. The van der Waals surface area contributed by atoms with Crippen LogP contribution < -0.4 is 0 Å². The minimum absolute atomic E-state index is 0. The molecule has 0 unspecified atom stereocenters. The van der Waals surface area contributed by atoms with Gasteiger partial charge in [0.15, 0.2) is 0 Å². The van der Waals surface area contributed by atoms with E-state index in [2.05, 4.69) is 40.2 Å². The molecule has 18 heteroatoms. The number of pyridine rings is 2. The maximum absolute atomic E-state index is 10.7. The maximum atomic E-state index is 9.87. The van der Waals surface area contributed by atoms with E-state index in [-0.39, 0.29) is 17.1 Å². The van der Waals surface area contributed by atoms with Crippen LogP contribution in [0.2, 0.25) is 0 Å². The molecule has 2 aliphatic heterocycles. The molecule has 42 heavy (non-hydrogen) atoms. The third-order valence-electron chi connectivity index (χ3n) is 5.40. The minimum atomic E-state index is -10.7. The Morgan fingerprint density at radius 1 is 0.643 bits per heavy atom. The summed E-state index contributed by atoms with van der Waals surface area (Å²) >= 11 is 10.4. The van der Waals surface area contributed by atoms with Crippen molar-refractivity contribution in [2.45, 2.75) is 39.5 Å². The van der Waals surface area contributed by atoms with E-state index in [1.54, 1.807) is 12.4 Å². The fourth-order valence-corrected chi connectivity index (χ4v) is 3.88. The van der Waals surface area contributed by atoms with Gasteiger partial charge in [-0.1, -0.05) is 12.1 Å². The fraction of sp³-hybridized carbons (Fsp3) is 0.417. The Morgan fingerprint density at radius 2 is 0.952 bits per heavy atom. The van der Waals surface area contributed by atoms with Gasteiger partial charge in [0.2, 0.25) is 0 Å². The molecular formula is C24H30F6FeN8PS2. The molecule has 2 fully saturated rings. The fourth-order valence-electron chi connectivity index (χ4n) is 3.43. The minimum Gasteiger partial charge on any atom is 3.00 e. The standard InChI is InChI=1S/2C12H16N4S.F6P.Fe/c2*1-10(11-6-2-3-7-13-11)14-15-12(17)16-8-4-5-9-16;1-7(2,3,4,5)6;/h2*2-3,6-7H,4-5,8-9H2,1H3,(H,15,17);;/q;;-1;+3/p-2/b2*14-10+;;. The van der Waals surface area contributed by atoms with Crippen molar-refractivity contribution in [2.75, 3.05) is 26.2 Å². The first-order valence-electron chi connectivity index (χ1n) is 12.5. The molecule has 4 rings (SSSR count). The Labute approximate surface area is 262 Å². The average molecular weight is 696 g/mol. The van der Waals surface area contributed by atoms with Crippen LogP contribution in [0.3, 0.4) is 0 Å². The quantitative estimate of drug-likeness (QED) is 0.0653. The van der Waals surface area contributed by atoms with Gasteiger partial charge in [-0.25, -0.2) is 0 Å². The zero-order valence-electron chi connectivity index (χ0n) is 22.7. The number of halogens is 6. The van der Waals surface area contributed by atoms with Gasteiger partial charge in [0.05, 0.1) is 22.8 Å². The molecule has 233 valence electrons. The maximum Gasteiger partial charge on any atom is 3.00 e. The van der Waals surface area contributed by atoms with E-state index < -0.39 is 7.81 Å². The van der Waals surface area contributed by atoms with E-state index in [0.717, 1.165) is 49.0 Å². The van der Waals surface area contributed by atoms with Crippen LogP contribution in [0.5, 0.6) is 0 Å². The largest absolute Gasteiger partial charge is 3.00 e. The molecule has 2 aromatic rings. The molecule has 8 nitrogen and oxygen atoms in total. The number of amidine groups is 2. The number of aromatic nitrogens is 2. The zero-order chi connectivity index (χ0) is 30.6. The molecule has 2 aliphatic rings. The second-order valence-electron chi connectivity index (χ2n) is 8.91. The van der Waals surface area contributed by atoms with Gasteiger partial charge in [-0.3, -0.25) is 9.97 Å². The smallest absolute Gasteiger partial charge is 3.00 e. The predicted octanol–water partition coefficient (Wildman–Crippen LogP) is 6.99. The number of rotatable bonds is 4. The third-order valence-corrected chi connectivity index (χ3v) is 6.08.